The monoisotopic (exact) mass is 326 g/mol. The smallest absolute Gasteiger partial charge is 0.244 e. The second-order valence-corrected chi connectivity index (χ2v) is 4.96. The molecule has 1 aromatic rings. The van der Waals surface area contributed by atoms with Gasteiger partial charge in [0.15, 0.2) is 0 Å². The van der Waals surface area contributed by atoms with E-state index in [-0.39, 0.29) is 37.4 Å². The number of para-hydroxylation sites is 1. The predicted octanol–water partition coefficient (Wildman–Crippen LogP) is 0.0725. The molecule has 1 aromatic carbocycles. The van der Waals surface area contributed by atoms with E-state index < -0.39 is 0 Å². The fourth-order valence-electron chi connectivity index (χ4n) is 1.56. The molecule has 3 N–H and O–H groups in total. The zero-order valence-electron chi connectivity index (χ0n) is 12.5. The first-order chi connectivity index (χ1) is 10.4. The summed E-state index contributed by atoms with van der Waals surface area (Å²) in [5, 5.41) is 8.18. The number of rotatable bonds is 7. The zero-order chi connectivity index (χ0) is 16.5. The molecule has 0 saturated heterocycles. The number of likely N-dealkylation sites (N-methyl/N-ethyl adjacent to an activating group) is 2. The Morgan fingerprint density at radius 3 is 2.45 bits per heavy atom. The molecule has 22 heavy (non-hydrogen) atoms. The van der Waals surface area contributed by atoms with Crippen LogP contribution < -0.4 is 16.0 Å². The number of halogens is 1. The summed E-state index contributed by atoms with van der Waals surface area (Å²) < 4.78 is 0. The van der Waals surface area contributed by atoms with Gasteiger partial charge in [-0.25, -0.2) is 0 Å². The summed E-state index contributed by atoms with van der Waals surface area (Å²) in [7, 11) is 3.02. The molecule has 0 atom stereocenters. The van der Waals surface area contributed by atoms with Gasteiger partial charge in [-0.2, -0.15) is 0 Å². The molecule has 0 heterocycles. The first-order valence-corrected chi connectivity index (χ1v) is 7.01. The number of amides is 3. The Morgan fingerprint density at radius 2 is 1.82 bits per heavy atom. The van der Waals surface area contributed by atoms with E-state index in [1.165, 1.54) is 19.0 Å². The Kier molecular flexibility index (Phi) is 7.34. The van der Waals surface area contributed by atoms with Crippen molar-refractivity contribution in [1.29, 1.82) is 0 Å². The van der Waals surface area contributed by atoms with E-state index in [4.69, 9.17) is 11.6 Å². The van der Waals surface area contributed by atoms with Crippen LogP contribution in [0.4, 0.5) is 5.69 Å². The largest absolute Gasteiger partial charge is 0.358 e. The van der Waals surface area contributed by atoms with E-state index >= 15 is 0 Å². The van der Waals surface area contributed by atoms with Crippen molar-refractivity contribution in [1.82, 2.24) is 15.5 Å². The summed E-state index contributed by atoms with van der Waals surface area (Å²) in [6.07, 6.45) is 0. The molecule has 0 aromatic heterocycles. The molecule has 8 heteroatoms. The van der Waals surface area contributed by atoms with E-state index in [0.717, 1.165) is 0 Å². The van der Waals surface area contributed by atoms with Crippen molar-refractivity contribution in [2.75, 3.05) is 39.0 Å². The van der Waals surface area contributed by atoms with Gasteiger partial charge in [0.05, 0.1) is 30.3 Å². The minimum absolute atomic E-state index is 0.0245. The first kappa shape index (κ1) is 17.9. The second kappa shape index (κ2) is 9.01. The Labute approximate surface area is 134 Å². The Hall–Kier alpha value is -2.12. The molecule has 0 spiro atoms. The highest BCUT2D eigenvalue weighted by molar-refractivity contribution is 6.33. The Balaban J connectivity index is 2.38. The topological polar surface area (TPSA) is 90.5 Å². The summed E-state index contributed by atoms with van der Waals surface area (Å²) in [5.74, 6) is -0.861. The average Bonchev–Trinajstić information content (AvgIpc) is 2.49. The van der Waals surface area contributed by atoms with E-state index in [2.05, 4.69) is 16.0 Å². The fraction of sp³-hybridized carbons (Fsp3) is 0.357. The summed E-state index contributed by atoms with van der Waals surface area (Å²) in [4.78, 5) is 35.9. The lowest BCUT2D eigenvalue weighted by atomic mass is 10.3. The van der Waals surface area contributed by atoms with Crippen molar-refractivity contribution in [2.24, 2.45) is 0 Å². The van der Waals surface area contributed by atoms with Crippen LogP contribution in [0.5, 0.6) is 0 Å². The van der Waals surface area contributed by atoms with Crippen molar-refractivity contribution in [3.05, 3.63) is 29.3 Å². The molecule has 0 aliphatic rings. The third-order valence-electron chi connectivity index (χ3n) is 2.80. The number of hydrogen-bond acceptors (Lipinski definition) is 4. The van der Waals surface area contributed by atoms with Crippen LogP contribution >= 0.6 is 11.6 Å². The summed E-state index contributed by atoms with van der Waals surface area (Å²) in [5.41, 5.74) is 0.493. The molecule has 0 unspecified atom stereocenters. The second-order valence-electron chi connectivity index (χ2n) is 4.55. The molecule has 1 rings (SSSR count). The maximum atomic E-state index is 11.9. The lowest BCUT2D eigenvalue weighted by molar-refractivity contribution is -0.132. The summed E-state index contributed by atoms with van der Waals surface area (Å²) >= 11 is 5.94. The molecule has 0 radical (unpaired) electrons. The van der Waals surface area contributed by atoms with Crippen molar-refractivity contribution in [3.63, 3.8) is 0 Å². The third-order valence-corrected chi connectivity index (χ3v) is 3.12. The van der Waals surface area contributed by atoms with Crippen LogP contribution in [0.1, 0.15) is 0 Å². The number of nitrogens with zero attached hydrogens (tertiary/aromatic N) is 1. The van der Waals surface area contributed by atoms with Gasteiger partial charge in [-0.1, -0.05) is 23.7 Å². The minimum Gasteiger partial charge on any atom is -0.358 e. The average molecular weight is 327 g/mol. The van der Waals surface area contributed by atoms with Gasteiger partial charge in [0, 0.05) is 14.1 Å². The highest BCUT2D eigenvalue weighted by Gasteiger charge is 2.13. The highest BCUT2D eigenvalue weighted by Crippen LogP contribution is 2.20. The maximum absolute atomic E-state index is 11.9. The van der Waals surface area contributed by atoms with Crippen molar-refractivity contribution in [3.8, 4) is 0 Å². The summed E-state index contributed by atoms with van der Waals surface area (Å²) in [6.45, 7) is -0.0864. The lowest BCUT2D eigenvalue weighted by Crippen LogP contribution is -2.42. The fourth-order valence-corrected chi connectivity index (χ4v) is 1.75. The number of hydrogen-bond donors (Lipinski definition) is 3. The zero-order valence-corrected chi connectivity index (χ0v) is 13.2. The Morgan fingerprint density at radius 1 is 1.14 bits per heavy atom. The van der Waals surface area contributed by atoms with Crippen LogP contribution in [0, 0.1) is 0 Å². The third kappa shape index (κ3) is 6.11. The number of benzene rings is 1. The van der Waals surface area contributed by atoms with Gasteiger partial charge < -0.3 is 15.5 Å². The predicted molar refractivity (Wildman–Crippen MR) is 84.7 cm³/mol. The number of nitrogens with one attached hydrogen (secondary N) is 3. The maximum Gasteiger partial charge on any atom is 0.244 e. The highest BCUT2D eigenvalue weighted by atomic mass is 35.5. The van der Waals surface area contributed by atoms with E-state index in [9.17, 15) is 14.4 Å². The van der Waals surface area contributed by atoms with E-state index in [0.29, 0.717) is 10.7 Å². The Bertz CT molecular complexity index is 551. The quantitative estimate of drug-likeness (QED) is 0.661. The SMILES string of the molecule is CNC(=O)CNCC(=O)N(C)CC(=O)Nc1ccccc1Cl. The first-order valence-electron chi connectivity index (χ1n) is 6.63. The number of carbonyl (C=O) groups excluding carboxylic acids is 3. The normalized spacial score (nSPS) is 9.95. The molecule has 0 saturated carbocycles. The van der Waals surface area contributed by atoms with Gasteiger partial charge >= 0.3 is 0 Å². The lowest BCUT2D eigenvalue weighted by Gasteiger charge is -2.17. The van der Waals surface area contributed by atoms with Crippen molar-refractivity contribution < 1.29 is 14.4 Å². The molecule has 0 aliphatic carbocycles. The van der Waals surface area contributed by atoms with Gasteiger partial charge in [-0.05, 0) is 12.1 Å². The van der Waals surface area contributed by atoms with Gasteiger partial charge in [-0.3, -0.25) is 19.7 Å². The standard InChI is InChI=1S/C14H19ClN4O3/c1-16-12(20)7-17-8-14(22)19(2)9-13(21)18-11-6-4-3-5-10(11)15/h3-6,17H,7-9H2,1-2H3,(H,16,20)(H,18,21). The van der Waals surface area contributed by atoms with Crippen LogP contribution in [0.25, 0.3) is 0 Å². The van der Waals surface area contributed by atoms with Crippen molar-refractivity contribution >= 4 is 35.0 Å². The van der Waals surface area contributed by atoms with Gasteiger partial charge in [0.2, 0.25) is 17.7 Å². The molecular weight excluding hydrogens is 308 g/mol. The van der Waals surface area contributed by atoms with E-state index in [1.807, 2.05) is 0 Å². The number of anilines is 1. The van der Waals surface area contributed by atoms with Gasteiger partial charge in [-0.15, -0.1) is 0 Å². The molecule has 3 amide bonds. The van der Waals surface area contributed by atoms with Crippen LogP contribution in [0.15, 0.2) is 24.3 Å². The van der Waals surface area contributed by atoms with Gasteiger partial charge in [0.25, 0.3) is 0 Å². The summed E-state index contributed by atoms with van der Waals surface area (Å²) in [6, 6.07) is 6.84. The minimum atomic E-state index is -0.352. The van der Waals surface area contributed by atoms with E-state index in [1.54, 1.807) is 24.3 Å². The molecule has 0 bridgehead atoms. The molecule has 7 nitrogen and oxygen atoms in total. The molecule has 0 aliphatic heterocycles. The number of carbonyl (C=O) groups is 3. The molecular formula is C14H19ClN4O3. The van der Waals surface area contributed by atoms with Crippen LogP contribution in [0.3, 0.4) is 0 Å². The van der Waals surface area contributed by atoms with Gasteiger partial charge in [0.1, 0.15) is 0 Å². The van der Waals surface area contributed by atoms with Crippen molar-refractivity contribution in [2.45, 2.75) is 0 Å². The molecule has 120 valence electrons. The molecule has 0 fully saturated rings. The van der Waals surface area contributed by atoms with Crippen LogP contribution in [-0.4, -0.2) is 56.4 Å². The van der Waals surface area contributed by atoms with Crippen LogP contribution in [0.2, 0.25) is 5.02 Å². The van der Waals surface area contributed by atoms with Crippen LogP contribution in [-0.2, 0) is 14.4 Å².